The van der Waals surface area contributed by atoms with Crippen LogP contribution in [0.15, 0.2) is 36.7 Å². The van der Waals surface area contributed by atoms with E-state index in [9.17, 15) is 18.4 Å². The zero-order valence-corrected chi connectivity index (χ0v) is 13.9. The zero-order chi connectivity index (χ0) is 18.5. The Kier molecular flexibility index (Phi) is 5.35. The number of hydrogen-bond acceptors (Lipinski definition) is 5. The second-order valence-corrected chi connectivity index (χ2v) is 5.72. The smallest absolute Gasteiger partial charge is 0.254 e. The normalized spacial score (nSPS) is 14.2. The highest BCUT2D eigenvalue weighted by molar-refractivity contribution is 5.96. The van der Waals surface area contributed by atoms with Gasteiger partial charge < -0.3 is 15.1 Å². The van der Waals surface area contributed by atoms with Gasteiger partial charge in [0.15, 0.2) is 0 Å². The van der Waals surface area contributed by atoms with E-state index in [1.54, 1.807) is 23.4 Å². The van der Waals surface area contributed by atoms with Crippen molar-refractivity contribution in [3.05, 3.63) is 53.9 Å². The van der Waals surface area contributed by atoms with Crippen molar-refractivity contribution >= 4 is 17.8 Å². The molecule has 3 rings (SSSR count). The minimum Gasteiger partial charge on any atom is -0.343 e. The van der Waals surface area contributed by atoms with Gasteiger partial charge in [0, 0.05) is 44.6 Å². The van der Waals surface area contributed by atoms with Crippen molar-refractivity contribution in [1.82, 2.24) is 20.2 Å². The van der Waals surface area contributed by atoms with Crippen molar-refractivity contribution in [3.63, 3.8) is 0 Å². The summed E-state index contributed by atoms with van der Waals surface area (Å²) in [6, 6.07) is 4.39. The molecule has 0 atom stereocenters. The predicted octanol–water partition coefficient (Wildman–Crippen LogP) is 0.833. The van der Waals surface area contributed by atoms with E-state index >= 15 is 0 Å². The molecule has 1 aliphatic rings. The number of piperazine rings is 1. The summed E-state index contributed by atoms with van der Waals surface area (Å²) in [5, 5.41) is 2.37. The molecule has 1 aliphatic heterocycles. The lowest BCUT2D eigenvalue weighted by Crippen LogP contribution is -2.51. The molecule has 0 spiro atoms. The van der Waals surface area contributed by atoms with E-state index < -0.39 is 17.5 Å². The molecule has 0 saturated carbocycles. The van der Waals surface area contributed by atoms with Gasteiger partial charge in [0.05, 0.1) is 12.1 Å². The molecule has 1 aromatic heterocycles. The minimum absolute atomic E-state index is 0.252. The van der Waals surface area contributed by atoms with Crippen LogP contribution >= 0.6 is 0 Å². The lowest BCUT2D eigenvalue weighted by Gasteiger charge is -2.34. The first-order valence-corrected chi connectivity index (χ1v) is 8.07. The fourth-order valence-electron chi connectivity index (χ4n) is 2.65. The molecule has 0 unspecified atom stereocenters. The van der Waals surface area contributed by atoms with Gasteiger partial charge in [-0.15, -0.1) is 0 Å². The molecule has 1 aromatic carbocycles. The first-order chi connectivity index (χ1) is 12.5. The quantitative estimate of drug-likeness (QED) is 0.873. The average molecular weight is 361 g/mol. The van der Waals surface area contributed by atoms with Crippen LogP contribution in [-0.4, -0.2) is 59.4 Å². The average Bonchev–Trinajstić information content (AvgIpc) is 2.66. The number of anilines is 1. The maximum atomic E-state index is 13.6. The van der Waals surface area contributed by atoms with Crippen LogP contribution in [0.4, 0.5) is 14.7 Å². The van der Waals surface area contributed by atoms with Gasteiger partial charge in [0.2, 0.25) is 11.9 Å². The Hall–Kier alpha value is -3.10. The summed E-state index contributed by atoms with van der Waals surface area (Å²) in [5.74, 6) is -2.15. The van der Waals surface area contributed by atoms with Crippen LogP contribution < -0.4 is 10.2 Å². The maximum absolute atomic E-state index is 13.6. The van der Waals surface area contributed by atoms with Gasteiger partial charge in [-0.05, 0) is 18.2 Å². The second kappa shape index (κ2) is 7.85. The van der Waals surface area contributed by atoms with E-state index in [0.29, 0.717) is 38.2 Å². The van der Waals surface area contributed by atoms with Gasteiger partial charge in [-0.2, -0.15) is 0 Å². The standard InChI is InChI=1S/C17H17F2N5O2/c18-12-2-3-13(14(19)10-12)16(26)22-11-15(25)23-6-8-24(9-7-23)17-20-4-1-5-21-17/h1-5,10H,6-9,11H2,(H,22,26). The number of hydrogen-bond donors (Lipinski definition) is 1. The molecule has 2 aromatic rings. The summed E-state index contributed by atoms with van der Waals surface area (Å²) < 4.78 is 26.4. The number of nitrogens with zero attached hydrogens (tertiary/aromatic N) is 4. The lowest BCUT2D eigenvalue weighted by molar-refractivity contribution is -0.130. The maximum Gasteiger partial charge on any atom is 0.254 e. The third-order valence-electron chi connectivity index (χ3n) is 4.04. The summed E-state index contributed by atoms with van der Waals surface area (Å²) >= 11 is 0. The van der Waals surface area contributed by atoms with Gasteiger partial charge in [-0.25, -0.2) is 18.7 Å². The highest BCUT2D eigenvalue weighted by atomic mass is 19.1. The van der Waals surface area contributed by atoms with Crippen LogP contribution in [-0.2, 0) is 4.79 Å². The molecule has 0 bridgehead atoms. The lowest BCUT2D eigenvalue weighted by atomic mass is 10.2. The van der Waals surface area contributed by atoms with E-state index in [1.807, 2.05) is 4.90 Å². The third kappa shape index (κ3) is 4.11. The van der Waals surface area contributed by atoms with Gasteiger partial charge in [0.25, 0.3) is 5.91 Å². The highest BCUT2D eigenvalue weighted by Gasteiger charge is 2.23. The van der Waals surface area contributed by atoms with E-state index in [0.717, 1.165) is 12.1 Å². The van der Waals surface area contributed by atoms with Crippen molar-refractivity contribution in [2.24, 2.45) is 0 Å². The SMILES string of the molecule is O=C(NCC(=O)N1CCN(c2ncccn2)CC1)c1ccc(F)cc1F. The van der Waals surface area contributed by atoms with Gasteiger partial charge in [-0.1, -0.05) is 0 Å². The number of aromatic nitrogens is 2. The van der Waals surface area contributed by atoms with Crippen molar-refractivity contribution in [2.75, 3.05) is 37.6 Å². The van der Waals surface area contributed by atoms with Gasteiger partial charge >= 0.3 is 0 Å². The Labute approximate surface area is 148 Å². The Bertz CT molecular complexity index is 795. The molecule has 0 aliphatic carbocycles. The first kappa shape index (κ1) is 17.7. The van der Waals surface area contributed by atoms with E-state index in [4.69, 9.17) is 0 Å². The van der Waals surface area contributed by atoms with Crippen LogP contribution in [0.3, 0.4) is 0 Å². The summed E-state index contributed by atoms with van der Waals surface area (Å²) in [6.07, 6.45) is 3.31. The van der Waals surface area contributed by atoms with E-state index in [2.05, 4.69) is 15.3 Å². The molecule has 1 fully saturated rings. The molecule has 1 N–H and O–H groups in total. The number of amides is 2. The van der Waals surface area contributed by atoms with E-state index in [1.165, 1.54) is 0 Å². The molecule has 1 saturated heterocycles. The highest BCUT2D eigenvalue weighted by Crippen LogP contribution is 2.11. The fourth-order valence-corrected chi connectivity index (χ4v) is 2.65. The number of carbonyl (C=O) groups is 2. The predicted molar refractivity (Wildman–Crippen MR) is 89.5 cm³/mol. The number of halogens is 2. The largest absolute Gasteiger partial charge is 0.343 e. The van der Waals surface area contributed by atoms with Crippen molar-refractivity contribution in [3.8, 4) is 0 Å². The summed E-state index contributed by atoms with van der Waals surface area (Å²) in [6.45, 7) is 1.85. The second-order valence-electron chi connectivity index (χ2n) is 5.72. The topological polar surface area (TPSA) is 78.4 Å². The van der Waals surface area contributed by atoms with Crippen LogP contribution in [0, 0.1) is 11.6 Å². The Morgan fingerprint density at radius 3 is 2.42 bits per heavy atom. The number of benzene rings is 1. The number of carbonyl (C=O) groups excluding carboxylic acids is 2. The Morgan fingerprint density at radius 2 is 1.77 bits per heavy atom. The molecule has 7 nitrogen and oxygen atoms in total. The van der Waals surface area contributed by atoms with Crippen LogP contribution in [0.5, 0.6) is 0 Å². The molecule has 26 heavy (non-hydrogen) atoms. The van der Waals surface area contributed by atoms with E-state index in [-0.39, 0.29) is 18.0 Å². The Balaban J connectivity index is 1.49. The van der Waals surface area contributed by atoms with Crippen molar-refractivity contribution < 1.29 is 18.4 Å². The first-order valence-electron chi connectivity index (χ1n) is 8.07. The van der Waals surface area contributed by atoms with Crippen LogP contribution in [0.2, 0.25) is 0 Å². The van der Waals surface area contributed by atoms with Crippen LogP contribution in [0.25, 0.3) is 0 Å². The van der Waals surface area contributed by atoms with Gasteiger partial charge in [-0.3, -0.25) is 9.59 Å². The summed E-state index contributed by atoms with van der Waals surface area (Å²) in [7, 11) is 0. The molecule has 2 heterocycles. The Morgan fingerprint density at radius 1 is 1.08 bits per heavy atom. The zero-order valence-electron chi connectivity index (χ0n) is 13.9. The third-order valence-corrected chi connectivity index (χ3v) is 4.04. The number of nitrogens with one attached hydrogen (secondary N) is 1. The minimum atomic E-state index is -0.966. The summed E-state index contributed by atoms with van der Waals surface area (Å²) in [5.41, 5.74) is -0.301. The molecule has 136 valence electrons. The summed E-state index contributed by atoms with van der Waals surface area (Å²) in [4.78, 5) is 36.1. The molecule has 9 heteroatoms. The van der Waals surface area contributed by atoms with Gasteiger partial charge in [0.1, 0.15) is 11.6 Å². The number of rotatable bonds is 4. The molecular weight excluding hydrogens is 344 g/mol. The molecule has 0 radical (unpaired) electrons. The fraction of sp³-hybridized carbons (Fsp3) is 0.294. The van der Waals surface area contributed by atoms with Crippen LogP contribution in [0.1, 0.15) is 10.4 Å². The van der Waals surface area contributed by atoms with Crippen molar-refractivity contribution in [1.29, 1.82) is 0 Å². The van der Waals surface area contributed by atoms with Crippen molar-refractivity contribution in [2.45, 2.75) is 0 Å². The molecular formula is C17H17F2N5O2. The molecule has 2 amide bonds. The monoisotopic (exact) mass is 361 g/mol.